The van der Waals surface area contributed by atoms with Gasteiger partial charge in [-0.2, -0.15) is 0 Å². The lowest BCUT2D eigenvalue weighted by Crippen LogP contribution is -2.37. The second kappa shape index (κ2) is 12.4. The maximum atomic E-state index is 6.04. The van der Waals surface area contributed by atoms with Crippen molar-refractivity contribution < 1.29 is 9.47 Å². The van der Waals surface area contributed by atoms with Crippen LogP contribution in [0, 0.1) is 6.92 Å². The molecule has 142 valence electrons. The quantitative estimate of drug-likeness (QED) is 0.269. The minimum atomic E-state index is 0. The average molecular weight is 461 g/mol. The lowest BCUT2D eigenvalue weighted by atomic mass is 10.1. The van der Waals surface area contributed by atoms with Crippen molar-refractivity contribution in [2.24, 2.45) is 4.99 Å². The van der Waals surface area contributed by atoms with Gasteiger partial charge in [0, 0.05) is 32.3 Å². The average Bonchev–Trinajstić information content (AvgIpc) is 3.11. The molecule has 0 aromatic heterocycles. The zero-order chi connectivity index (χ0) is 17.2. The second-order valence-electron chi connectivity index (χ2n) is 6.26. The number of aryl methyl sites for hydroxylation is 1. The van der Waals surface area contributed by atoms with Gasteiger partial charge in [0.05, 0.1) is 6.10 Å². The molecule has 0 aliphatic carbocycles. The number of ether oxygens (including phenoxy) is 2. The van der Waals surface area contributed by atoms with Crippen molar-refractivity contribution in [3.8, 4) is 5.75 Å². The Labute approximate surface area is 169 Å². The summed E-state index contributed by atoms with van der Waals surface area (Å²) in [6, 6.07) is 6.33. The van der Waals surface area contributed by atoms with Gasteiger partial charge in [0.15, 0.2) is 5.96 Å². The molecule has 1 aromatic rings. The fourth-order valence-corrected chi connectivity index (χ4v) is 2.68. The van der Waals surface area contributed by atoms with Gasteiger partial charge < -0.3 is 20.1 Å². The molecule has 1 atom stereocenters. The number of halogens is 1. The molecule has 1 aliphatic heterocycles. The van der Waals surface area contributed by atoms with Gasteiger partial charge in [-0.1, -0.05) is 25.5 Å². The van der Waals surface area contributed by atoms with Crippen molar-refractivity contribution >= 4 is 29.9 Å². The van der Waals surface area contributed by atoms with Crippen LogP contribution in [0.25, 0.3) is 0 Å². The predicted molar refractivity (Wildman–Crippen MR) is 114 cm³/mol. The fraction of sp³-hybridized carbons (Fsp3) is 0.632. The highest BCUT2D eigenvalue weighted by atomic mass is 127. The predicted octanol–water partition coefficient (Wildman–Crippen LogP) is 3.64. The van der Waals surface area contributed by atoms with Crippen LogP contribution in [0.2, 0.25) is 0 Å². The zero-order valence-electron chi connectivity index (χ0n) is 15.6. The lowest BCUT2D eigenvalue weighted by Gasteiger charge is -2.17. The summed E-state index contributed by atoms with van der Waals surface area (Å²) in [7, 11) is 1.80. The molecule has 1 unspecified atom stereocenters. The number of nitrogens with zero attached hydrogens (tertiary/aromatic N) is 1. The molecule has 6 heteroatoms. The number of hydrogen-bond donors (Lipinski definition) is 2. The van der Waals surface area contributed by atoms with Gasteiger partial charge in [0.2, 0.25) is 0 Å². The Morgan fingerprint density at radius 2 is 2.20 bits per heavy atom. The van der Waals surface area contributed by atoms with Gasteiger partial charge in [-0.3, -0.25) is 4.99 Å². The molecule has 25 heavy (non-hydrogen) atoms. The van der Waals surface area contributed by atoms with Gasteiger partial charge in [-0.05, 0) is 37.8 Å². The SMILES string of the molecule is CCCCNC(=NC)NCc1ccc(C)cc1OCC1CCCO1.I. The van der Waals surface area contributed by atoms with Crippen LogP contribution in [0.5, 0.6) is 5.75 Å². The molecule has 2 rings (SSSR count). The Balaban J connectivity index is 0.00000312. The number of nitrogens with one attached hydrogen (secondary N) is 2. The van der Waals surface area contributed by atoms with Crippen LogP contribution >= 0.6 is 24.0 Å². The Bertz CT molecular complexity index is 531. The molecular formula is C19H32IN3O2. The van der Waals surface area contributed by atoms with Crippen LogP contribution in [0.15, 0.2) is 23.2 Å². The number of hydrogen-bond acceptors (Lipinski definition) is 3. The molecule has 1 fully saturated rings. The molecule has 1 saturated heterocycles. The van der Waals surface area contributed by atoms with E-state index in [2.05, 4.69) is 47.7 Å². The van der Waals surface area contributed by atoms with Gasteiger partial charge in [-0.25, -0.2) is 0 Å². The van der Waals surface area contributed by atoms with Crippen LogP contribution in [-0.2, 0) is 11.3 Å². The zero-order valence-corrected chi connectivity index (χ0v) is 18.0. The third-order valence-corrected chi connectivity index (χ3v) is 4.16. The highest BCUT2D eigenvalue weighted by Crippen LogP contribution is 2.22. The van der Waals surface area contributed by atoms with Gasteiger partial charge in [0.25, 0.3) is 0 Å². The van der Waals surface area contributed by atoms with Crippen LogP contribution in [0.4, 0.5) is 0 Å². The Morgan fingerprint density at radius 1 is 1.36 bits per heavy atom. The standard InChI is InChI=1S/C19H31N3O2.HI/c1-4-5-10-21-19(20-3)22-13-16-9-8-15(2)12-18(16)24-14-17-7-6-11-23-17;/h8-9,12,17H,4-7,10-11,13-14H2,1-3H3,(H2,20,21,22);1H. The molecule has 0 spiro atoms. The summed E-state index contributed by atoms with van der Waals surface area (Å²) < 4.78 is 11.7. The molecule has 0 amide bonds. The summed E-state index contributed by atoms with van der Waals surface area (Å²) in [5, 5.41) is 6.69. The number of benzene rings is 1. The van der Waals surface area contributed by atoms with Crippen molar-refractivity contribution in [3.05, 3.63) is 29.3 Å². The van der Waals surface area contributed by atoms with E-state index in [0.717, 1.165) is 49.7 Å². The summed E-state index contributed by atoms with van der Waals surface area (Å²) >= 11 is 0. The van der Waals surface area contributed by atoms with E-state index in [0.29, 0.717) is 13.2 Å². The van der Waals surface area contributed by atoms with Crippen LogP contribution in [0.3, 0.4) is 0 Å². The third-order valence-electron chi connectivity index (χ3n) is 4.16. The van der Waals surface area contributed by atoms with Crippen LogP contribution < -0.4 is 15.4 Å². The smallest absolute Gasteiger partial charge is 0.191 e. The van der Waals surface area contributed by atoms with Gasteiger partial charge >= 0.3 is 0 Å². The normalized spacial score (nSPS) is 17.1. The Kier molecular flexibility index (Phi) is 10.9. The van der Waals surface area contributed by atoms with E-state index in [-0.39, 0.29) is 30.1 Å². The maximum Gasteiger partial charge on any atom is 0.191 e. The molecule has 1 aliphatic rings. The van der Waals surface area contributed by atoms with Crippen LogP contribution in [-0.4, -0.2) is 38.9 Å². The molecule has 5 nitrogen and oxygen atoms in total. The minimum absolute atomic E-state index is 0. The lowest BCUT2D eigenvalue weighted by molar-refractivity contribution is 0.0676. The van der Waals surface area contributed by atoms with Crippen molar-refractivity contribution in [2.75, 3.05) is 26.8 Å². The summed E-state index contributed by atoms with van der Waals surface area (Å²) in [6.07, 6.45) is 4.77. The fourth-order valence-electron chi connectivity index (χ4n) is 2.68. The van der Waals surface area contributed by atoms with E-state index >= 15 is 0 Å². The van der Waals surface area contributed by atoms with E-state index in [1.54, 1.807) is 7.05 Å². The van der Waals surface area contributed by atoms with E-state index in [1.807, 2.05) is 0 Å². The summed E-state index contributed by atoms with van der Waals surface area (Å²) in [5.41, 5.74) is 2.34. The number of rotatable bonds is 8. The van der Waals surface area contributed by atoms with Crippen molar-refractivity contribution in [1.29, 1.82) is 0 Å². The Hall–Kier alpha value is -1.02. The van der Waals surface area contributed by atoms with E-state index in [1.165, 1.54) is 12.0 Å². The summed E-state index contributed by atoms with van der Waals surface area (Å²) in [5.74, 6) is 1.76. The maximum absolute atomic E-state index is 6.04. The molecule has 0 bridgehead atoms. The highest BCUT2D eigenvalue weighted by Gasteiger charge is 2.17. The summed E-state index contributed by atoms with van der Waals surface area (Å²) in [6.45, 7) is 7.37. The van der Waals surface area contributed by atoms with Crippen molar-refractivity contribution in [3.63, 3.8) is 0 Å². The van der Waals surface area contributed by atoms with Crippen molar-refractivity contribution in [2.45, 2.75) is 52.2 Å². The van der Waals surface area contributed by atoms with Crippen LogP contribution in [0.1, 0.15) is 43.7 Å². The first-order valence-electron chi connectivity index (χ1n) is 9.01. The molecule has 1 aromatic carbocycles. The minimum Gasteiger partial charge on any atom is -0.491 e. The largest absolute Gasteiger partial charge is 0.491 e. The Morgan fingerprint density at radius 3 is 2.88 bits per heavy atom. The molecular weight excluding hydrogens is 429 g/mol. The molecule has 0 saturated carbocycles. The van der Waals surface area contributed by atoms with E-state index in [4.69, 9.17) is 9.47 Å². The third kappa shape index (κ3) is 7.81. The number of guanidine groups is 1. The van der Waals surface area contributed by atoms with Gasteiger partial charge in [-0.15, -0.1) is 24.0 Å². The second-order valence-corrected chi connectivity index (χ2v) is 6.26. The van der Waals surface area contributed by atoms with E-state index < -0.39 is 0 Å². The topological polar surface area (TPSA) is 54.9 Å². The van der Waals surface area contributed by atoms with E-state index in [9.17, 15) is 0 Å². The molecule has 0 radical (unpaired) electrons. The highest BCUT2D eigenvalue weighted by molar-refractivity contribution is 14.0. The first kappa shape index (κ1) is 22.0. The molecule has 1 heterocycles. The number of unbranched alkanes of at least 4 members (excludes halogenated alkanes) is 1. The first-order chi connectivity index (χ1) is 11.7. The number of aliphatic imine (C=N–C) groups is 1. The molecule has 2 N–H and O–H groups in total. The first-order valence-corrected chi connectivity index (χ1v) is 9.01. The van der Waals surface area contributed by atoms with Crippen molar-refractivity contribution in [1.82, 2.24) is 10.6 Å². The monoisotopic (exact) mass is 461 g/mol. The summed E-state index contributed by atoms with van der Waals surface area (Å²) in [4.78, 5) is 4.26. The van der Waals surface area contributed by atoms with Gasteiger partial charge in [0.1, 0.15) is 12.4 Å².